The largest absolute Gasteiger partial charge is 0.495 e. The Bertz CT molecular complexity index is 1460. The molecule has 1 aliphatic rings. The molecule has 0 bridgehead atoms. The second-order valence-corrected chi connectivity index (χ2v) is 8.76. The molecule has 12 heteroatoms. The number of nitrogens with zero attached hydrogens (tertiary/aromatic N) is 6. The Morgan fingerprint density at radius 3 is 2.59 bits per heavy atom. The quantitative estimate of drug-likeness (QED) is 0.362. The third kappa shape index (κ3) is 4.91. The summed E-state index contributed by atoms with van der Waals surface area (Å²) >= 11 is 0. The molecular weight excluding hydrogens is 492 g/mol. The van der Waals surface area contributed by atoms with Crippen molar-refractivity contribution in [3.63, 3.8) is 0 Å². The summed E-state index contributed by atoms with van der Waals surface area (Å²) in [6.45, 7) is 0.379. The third-order valence-corrected chi connectivity index (χ3v) is 6.20. The van der Waals surface area contributed by atoms with Gasteiger partial charge in [0.1, 0.15) is 29.8 Å². The van der Waals surface area contributed by atoms with Crippen LogP contribution < -0.4 is 9.64 Å². The summed E-state index contributed by atoms with van der Waals surface area (Å²) in [5.74, 6) is -0.825. The van der Waals surface area contributed by atoms with Gasteiger partial charge >= 0.3 is 6.18 Å². The number of ether oxygens (including phenoxy) is 1. The minimum absolute atomic E-state index is 0.0432. The molecule has 2 aromatic carbocycles. The molecule has 192 valence electrons. The van der Waals surface area contributed by atoms with Gasteiger partial charge in [0.05, 0.1) is 31.0 Å². The zero-order chi connectivity index (χ0) is 26.3. The maximum Gasteiger partial charge on any atom is 0.406 e. The van der Waals surface area contributed by atoms with Crippen LogP contribution in [0.3, 0.4) is 0 Å². The number of rotatable bonds is 5. The van der Waals surface area contributed by atoms with Crippen molar-refractivity contribution in [2.24, 2.45) is 0 Å². The van der Waals surface area contributed by atoms with E-state index in [1.807, 2.05) is 23.8 Å². The van der Waals surface area contributed by atoms with E-state index in [9.17, 15) is 22.4 Å². The van der Waals surface area contributed by atoms with Gasteiger partial charge in [-0.05, 0) is 55.7 Å². The van der Waals surface area contributed by atoms with Gasteiger partial charge in [0, 0.05) is 17.4 Å². The fraction of sp³-hybridized carbons (Fsp3) is 0.280. The SMILES string of the molecule is COc1cc(-c2cn([C@@H]3CCc4cc(F)ccc4N(CC(F)(F)F)C3=O)nn2)ccc1-n1cnc(C)c1. The Morgan fingerprint density at radius 2 is 1.89 bits per heavy atom. The first-order valence-electron chi connectivity index (χ1n) is 11.4. The second kappa shape index (κ2) is 9.34. The molecule has 5 rings (SSSR count). The molecule has 0 fully saturated rings. The first-order chi connectivity index (χ1) is 17.6. The molecule has 0 unspecified atom stereocenters. The Labute approximate surface area is 209 Å². The zero-order valence-electron chi connectivity index (χ0n) is 19.9. The number of amides is 1. The molecule has 1 amide bonds. The minimum atomic E-state index is -4.64. The van der Waals surface area contributed by atoms with Gasteiger partial charge in [0.25, 0.3) is 5.91 Å². The lowest BCUT2D eigenvalue weighted by atomic mass is 10.1. The number of aryl methyl sites for hydroxylation is 2. The normalized spacial score (nSPS) is 16.0. The van der Waals surface area contributed by atoms with Crippen molar-refractivity contribution in [1.82, 2.24) is 24.5 Å². The van der Waals surface area contributed by atoms with E-state index in [2.05, 4.69) is 15.3 Å². The number of alkyl halides is 3. The maximum atomic E-state index is 13.8. The van der Waals surface area contributed by atoms with Gasteiger partial charge in [-0.2, -0.15) is 13.2 Å². The summed E-state index contributed by atoms with van der Waals surface area (Å²) < 4.78 is 62.6. The van der Waals surface area contributed by atoms with E-state index in [-0.39, 0.29) is 18.5 Å². The molecule has 0 saturated heterocycles. The maximum absolute atomic E-state index is 13.8. The lowest BCUT2D eigenvalue weighted by molar-refractivity contribution is -0.134. The van der Waals surface area contributed by atoms with E-state index >= 15 is 0 Å². The summed E-state index contributed by atoms with van der Waals surface area (Å²) in [7, 11) is 1.53. The van der Waals surface area contributed by atoms with Crippen LogP contribution in [-0.4, -0.2) is 50.3 Å². The number of carbonyl (C=O) groups is 1. The van der Waals surface area contributed by atoms with Crippen LogP contribution in [0.5, 0.6) is 5.75 Å². The van der Waals surface area contributed by atoms with Crippen molar-refractivity contribution < 1.29 is 27.1 Å². The molecule has 1 aliphatic heterocycles. The number of halogens is 4. The van der Waals surface area contributed by atoms with Crippen LogP contribution in [0.15, 0.2) is 55.1 Å². The first-order valence-corrected chi connectivity index (χ1v) is 11.4. The number of hydrogen-bond donors (Lipinski definition) is 0. The topological polar surface area (TPSA) is 78.1 Å². The standard InChI is InChI=1S/C25H22F4N6O2/c1-15-11-33(14-30-15)21-6-3-16(10-23(21)37-2)19-12-35(32-31-19)22-7-4-17-9-18(26)5-8-20(17)34(24(22)36)13-25(27,28)29/h3,5-6,8-12,14,22H,4,7,13H2,1-2H3/t22-/m1/s1. The van der Waals surface area contributed by atoms with Gasteiger partial charge in [-0.15, -0.1) is 5.10 Å². The van der Waals surface area contributed by atoms with Gasteiger partial charge in [0.2, 0.25) is 0 Å². The Hall–Kier alpha value is -4.22. The number of aromatic nitrogens is 5. The molecule has 0 saturated carbocycles. The van der Waals surface area contributed by atoms with Gasteiger partial charge in [-0.3, -0.25) is 4.79 Å². The van der Waals surface area contributed by atoms with Crippen LogP contribution in [0.1, 0.15) is 23.7 Å². The fourth-order valence-corrected chi connectivity index (χ4v) is 4.48. The number of carbonyl (C=O) groups excluding carboxylic acids is 1. The van der Waals surface area contributed by atoms with Gasteiger partial charge < -0.3 is 14.2 Å². The molecule has 1 atom stereocenters. The van der Waals surface area contributed by atoms with Crippen molar-refractivity contribution in [2.45, 2.75) is 32.0 Å². The van der Waals surface area contributed by atoms with Gasteiger partial charge in [-0.1, -0.05) is 11.3 Å². The van der Waals surface area contributed by atoms with Crippen molar-refractivity contribution in [3.05, 3.63) is 72.2 Å². The molecule has 37 heavy (non-hydrogen) atoms. The summed E-state index contributed by atoms with van der Waals surface area (Å²) in [6, 6.07) is 7.74. The second-order valence-electron chi connectivity index (χ2n) is 8.76. The molecule has 0 aliphatic carbocycles. The highest BCUT2D eigenvalue weighted by molar-refractivity contribution is 5.97. The number of benzene rings is 2. The lowest BCUT2D eigenvalue weighted by Gasteiger charge is -2.26. The van der Waals surface area contributed by atoms with Crippen LogP contribution in [0.25, 0.3) is 16.9 Å². The average Bonchev–Trinajstić information content (AvgIpc) is 3.49. The number of methoxy groups -OCH3 is 1. The highest BCUT2D eigenvalue weighted by Crippen LogP contribution is 2.35. The summed E-state index contributed by atoms with van der Waals surface area (Å²) in [5, 5.41) is 8.22. The van der Waals surface area contributed by atoms with Gasteiger partial charge in [-0.25, -0.2) is 14.1 Å². The predicted molar refractivity (Wildman–Crippen MR) is 126 cm³/mol. The van der Waals surface area contributed by atoms with Crippen LogP contribution in [0, 0.1) is 12.7 Å². The van der Waals surface area contributed by atoms with Crippen molar-refractivity contribution in [3.8, 4) is 22.7 Å². The van der Waals surface area contributed by atoms with Crippen LogP contribution in [0.4, 0.5) is 23.2 Å². The number of fused-ring (bicyclic) bond motifs is 1. The Kier molecular flexibility index (Phi) is 6.18. The lowest BCUT2D eigenvalue weighted by Crippen LogP contribution is -2.42. The van der Waals surface area contributed by atoms with E-state index in [1.165, 1.54) is 24.1 Å². The highest BCUT2D eigenvalue weighted by atomic mass is 19.4. The van der Waals surface area contributed by atoms with E-state index in [0.717, 1.165) is 23.5 Å². The molecular formula is C25H22F4N6O2. The summed E-state index contributed by atoms with van der Waals surface area (Å²) in [4.78, 5) is 18.2. The first kappa shape index (κ1) is 24.5. The van der Waals surface area contributed by atoms with Crippen LogP contribution in [0.2, 0.25) is 0 Å². The summed E-state index contributed by atoms with van der Waals surface area (Å²) in [6.07, 6.45) is 0.713. The van der Waals surface area contributed by atoms with Crippen LogP contribution in [-0.2, 0) is 11.2 Å². The Balaban J connectivity index is 1.47. The van der Waals surface area contributed by atoms with E-state index in [4.69, 9.17) is 4.74 Å². The van der Waals surface area contributed by atoms with Gasteiger partial charge in [0.15, 0.2) is 0 Å². The summed E-state index contributed by atoms with van der Waals surface area (Å²) in [5.41, 5.74) is 3.02. The minimum Gasteiger partial charge on any atom is -0.495 e. The molecule has 0 radical (unpaired) electrons. The molecule has 2 aromatic heterocycles. The van der Waals surface area contributed by atoms with Crippen molar-refractivity contribution in [2.75, 3.05) is 18.6 Å². The number of hydrogen-bond acceptors (Lipinski definition) is 5. The monoisotopic (exact) mass is 514 g/mol. The Morgan fingerprint density at radius 1 is 1.11 bits per heavy atom. The van der Waals surface area contributed by atoms with Crippen molar-refractivity contribution >= 4 is 11.6 Å². The zero-order valence-corrected chi connectivity index (χ0v) is 19.9. The van der Waals surface area contributed by atoms with Crippen LogP contribution >= 0.6 is 0 Å². The van der Waals surface area contributed by atoms with E-state index < -0.39 is 30.5 Å². The molecule has 4 aromatic rings. The molecule has 0 spiro atoms. The van der Waals surface area contributed by atoms with Crippen molar-refractivity contribution in [1.29, 1.82) is 0 Å². The highest BCUT2D eigenvalue weighted by Gasteiger charge is 2.39. The molecule has 8 nitrogen and oxygen atoms in total. The smallest absolute Gasteiger partial charge is 0.406 e. The molecule has 3 heterocycles. The van der Waals surface area contributed by atoms with E-state index in [0.29, 0.717) is 27.5 Å². The number of anilines is 1. The van der Waals surface area contributed by atoms with E-state index in [1.54, 1.807) is 18.5 Å². The molecule has 0 N–H and O–H groups in total. The number of imidazole rings is 1. The third-order valence-electron chi connectivity index (χ3n) is 6.20. The average molecular weight is 514 g/mol. The fourth-order valence-electron chi connectivity index (χ4n) is 4.48. The predicted octanol–water partition coefficient (Wildman–Crippen LogP) is 4.67.